The van der Waals surface area contributed by atoms with E-state index in [-0.39, 0.29) is 5.95 Å². The van der Waals surface area contributed by atoms with E-state index in [1.54, 1.807) is 7.11 Å². The molecule has 23 heavy (non-hydrogen) atoms. The average molecular weight is 306 g/mol. The highest BCUT2D eigenvalue weighted by molar-refractivity contribution is 5.79. The van der Waals surface area contributed by atoms with Crippen LogP contribution in [0.2, 0.25) is 0 Å². The van der Waals surface area contributed by atoms with Crippen molar-refractivity contribution in [2.75, 3.05) is 18.6 Å². The Hall–Kier alpha value is -3.08. The highest BCUT2D eigenvalue weighted by Gasteiger charge is 2.15. The summed E-state index contributed by atoms with van der Waals surface area (Å²) in [6.45, 7) is 1.87. The fourth-order valence-corrected chi connectivity index (χ4v) is 2.52. The number of rotatable bonds is 3. The van der Waals surface area contributed by atoms with Crippen LogP contribution in [0.15, 0.2) is 48.5 Å². The van der Waals surface area contributed by atoms with Crippen molar-refractivity contribution < 1.29 is 4.74 Å². The average Bonchev–Trinajstić information content (AvgIpc) is 2.58. The fourth-order valence-electron chi connectivity index (χ4n) is 2.52. The minimum absolute atomic E-state index is 0.148. The third-order valence-electron chi connectivity index (χ3n) is 3.76. The molecule has 2 aromatic carbocycles. The van der Waals surface area contributed by atoms with Gasteiger partial charge in [0.05, 0.1) is 12.8 Å². The second-order valence-electron chi connectivity index (χ2n) is 5.22. The third-order valence-corrected chi connectivity index (χ3v) is 3.76. The van der Waals surface area contributed by atoms with E-state index in [9.17, 15) is 0 Å². The molecule has 0 atom stereocenters. The zero-order valence-electron chi connectivity index (χ0n) is 13.1. The Morgan fingerprint density at radius 3 is 2.35 bits per heavy atom. The zero-order chi connectivity index (χ0) is 16.4. The van der Waals surface area contributed by atoms with Gasteiger partial charge in [-0.1, -0.05) is 36.4 Å². The maximum Gasteiger partial charge on any atom is 0.222 e. The number of hydrogen-bond donors (Lipinski definition) is 2. The molecule has 0 amide bonds. The number of aromatic nitrogens is 2. The first-order chi connectivity index (χ1) is 11.1. The maximum absolute atomic E-state index is 5.93. The van der Waals surface area contributed by atoms with Crippen molar-refractivity contribution in [2.24, 2.45) is 0 Å². The van der Waals surface area contributed by atoms with E-state index in [0.29, 0.717) is 17.3 Å². The van der Waals surface area contributed by atoms with E-state index in [2.05, 4.69) is 22.1 Å². The molecule has 0 radical (unpaired) electrons. The summed E-state index contributed by atoms with van der Waals surface area (Å²) in [6, 6.07) is 16.1. The molecule has 0 saturated heterocycles. The number of nitrogens with two attached hydrogens (primary N) is 2. The highest BCUT2D eigenvalue weighted by Crippen LogP contribution is 2.36. The van der Waals surface area contributed by atoms with Gasteiger partial charge >= 0.3 is 0 Å². The summed E-state index contributed by atoms with van der Waals surface area (Å²) < 4.78 is 5.48. The summed E-state index contributed by atoms with van der Waals surface area (Å²) in [5.74, 6) is 1.24. The second-order valence-corrected chi connectivity index (χ2v) is 5.22. The van der Waals surface area contributed by atoms with Crippen LogP contribution in [0.3, 0.4) is 0 Å². The maximum atomic E-state index is 5.93. The van der Waals surface area contributed by atoms with Crippen molar-refractivity contribution >= 4 is 11.8 Å². The monoisotopic (exact) mass is 306 g/mol. The Balaban J connectivity index is 2.22. The predicted molar refractivity (Wildman–Crippen MR) is 93.0 cm³/mol. The number of ether oxygens (including phenoxy) is 1. The van der Waals surface area contributed by atoms with E-state index in [1.165, 1.54) is 0 Å². The van der Waals surface area contributed by atoms with Crippen LogP contribution in [-0.4, -0.2) is 17.1 Å². The molecule has 1 aromatic heterocycles. The SMILES string of the molecule is COc1ccc(-c2ccccc2)cc1-c1nc(N)nc(N)c1C. The van der Waals surface area contributed by atoms with Gasteiger partial charge in [0.1, 0.15) is 11.6 Å². The van der Waals surface area contributed by atoms with Gasteiger partial charge in [-0.25, -0.2) is 4.98 Å². The van der Waals surface area contributed by atoms with Gasteiger partial charge < -0.3 is 16.2 Å². The molecule has 0 unspecified atom stereocenters. The lowest BCUT2D eigenvalue weighted by atomic mass is 9.99. The minimum atomic E-state index is 0.148. The summed E-state index contributed by atoms with van der Waals surface area (Å²) in [6.07, 6.45) is 0. The lowest BCUT2D eigenvalue weighted by Crippen LogP contribution is -2.05. The third kappa shape index (κ3) is 2.81. The molecular weight excluding hydrogens is 288 g/mol. The molecule has 3 aromatic rings. The van der Waals surface area contributed by atoms with Crippen LogP contribution in [0.5, 0.6) is 5.75 Å². The first kappa shape index (κ1) is 14.8. The van der Waals surface area contributed by atoms with Gasteiger partial charge in [0, 0.05) is 11.1 Å². The van der Waals surface area contributed by atoms with Crippen LogP contribution in [0.4, 0.5) is 11.8 Å². The Morgan fingerprint density at radius 2 is 1.65 bits per heavy atom. The molecule has 0 aliphatic carbocycles. The Kier molecular flexibility index (Phi) is 3.85. The van der Waals surface area contributed by atoms with Gasteiger partial charge in [0.25, 0.3) is 0 Å². The molecule has 0 aliphatic rings. The Labute approximate surface area is 135 Å². The van der Waals surface area contributed by atoms with Crippen LogP contribution in [-0.2, 0) is 0 Å². The van der Waals surface area contributed by atoms with Crippen LogP contribution in [0, 0.1) is 6.92 Å². The summed E-state index contributed by atoms with van der Waals surface area (Å²) in [7, 11) is 1.63. The molecule has 0 bridgehead atoms. The molecular formula is C18H18N4O. The van der Waals surface area contributed by atoms with Gasteiger partial charge in [0.2, 0.25) is 5.95 Å². The van der Waals surface area contributed by atoms with E-state index >= 15 is 0 Å². The largest absolute Gasteiger partial charge is 0.496 e. The summed E-state index contributed by atoms with van der Waals surface area (Å²) in [5, 5.41) is 0. The van der Waals surface area contributed by atoms with E-state index < -0.39 is 0 Å². The highest BCUT2D eigenvalue weighted by atomic mass is 16.5. The molecule has 3 rings (SSSR count). The van der Waals surface area contributed by atoms with Crippen molar-refractivity contribution in [3.8, 4) is 28.1 Å². The lowest BCUT2D eigenvalue weighted by molar-refractivity contribution is 0.416. The number of nitrogens with zero attached hydrogens (tertiary/aromatic N) is 2. The van der Waals surface area contributed by atoms with E-state index in [0.717, 1.165) is 22.3 Å². The van der Waals surface area contributed by atoms with Crippen molar-refractivity contribution in [1.29, 1.82) is 0 Å². The van der Waals surface area contributed by atoms with Gasteiger partial charge in [-0.15, -0.1) is 0 Å². The van der Waals surface area contributed by atoms with Crippen LogP contribution >= 0.6 is 0 Å². The van der Waals surface area contributed by atoms with Gasteiger partial charge in [-0.05, 0) is 30.2 Å². The minimum Gasteiger partial charge on any atom is -0.496 e. The first-order valence-corrected chi connectivity index (χ1v) is 7.23. The van der Waals surface area contributed by atoms with E-state index in [4.69, 9.17) is 16.2 Å². The molecule has 0 aliphatic heterocycles. The predicted octanol–water partition coefficient (Wildman–Crippen LogP) is 3.29. The normalized spacial score (nSPS) is 10.5. The van der Waals surface area contributed by atoms with Crippen molar-refractivity contribution in [2.45, 2.75) is 6.92 Å². The molecule has 0 saturated carbocycles. The standard InChI is InChI=1S/C18H18N4O/c1-11-16(21-18(20)22-17(11)19)14-10-13(8-9-15(14)23-2)12-6-4-3-5-7-12/h3-10H,1-2H3,(H4,19,20,21,22). The van der Waals surface area contributed by atoms with Crippen molar-refractivity contribution in [3.63, 3.8) is 0 Å². The quantitative estimate of drug-likeness (QED) is 0.775. The molecule has 1 heterocycles. The smallest absolute Gasteiger partial charge is 0.222 e. The van der Waals surface area contributed by atoms with Gasteiger partial charge in [-0.3, -0.25) is 0 Å². The number of anilines is 2. The fraction of sp³-hybridized carbons (Fsp3) is 0.111. The second kappa shape index (κ2) is 5.96. The van der Waals surface area contributed by atoms with Crippen LogP contribution < -0.4 is 16.2 Å². The van der Waals surface area contributed by atoms with Crippen molar-refractivity contribution in [1.82, 2.24) is 9.97 Å². The Bertz CT molecular complexity index is 847. The van der Waals surface area contributed by atoms with Crippen molar-refractivity contribution in [3.05, 3.63) is 54.1 Å². The van der Waals surface area contributed by atoms with Gasteiger partial charge in [0.15, 0.2) is 0 Å². The molecule has 5 heteroatoms. The van der Waals surface area contributed by atoms with Crippen LogP contribution in [0.25, 0.3) is 22.4 Å². The lowest BCUT2D eigenvalue weighted by Gasteiger charge is -2.14. The Morgan fingerprint density at radius 1 is 0.913 bits per heavy atom. The molecule has 116 valence electrons. The zero-order valence-corrected chi connectivity index (χ0v) is 13.1. The topological polar surface area (TPSA) is 87.0 Å². The summed E-state index contributed by atoms with van der Waals surface area (Å²) in [4.78, 5) is 8.35. The number of methoxy groups -OCH3 is 1. The van der Waals surface area contributed by atoms with Crippen LogP contribution in [0.1, 0.15) is 5.56 Å². The molecule has 4 N–H and O–H groups in total. The summed E-state index contributed by atoms with van der Waals surface area (Å²) >= 11 is 0. The first-order valence-electron chi connectivity index (χ1n) is 7.23. The molecule has 0 spiro atoms. The van der Waals surface area contributed by atoms with Gasteiger partial charge in [-0.2, -0.15) is 4.98 Å². The number of hydrogen-bond acceptors (Lipinski definition) is 5. The van der Waals surface area contributed by atoms with E-state index in [1.807, 2.05) is 43.3 Å². The number of benzene rings is 2. The molecule has 0 fully saturated rings. The molecule has 5 nitrogen and oxygen atoms in total. The number of nitrogen functional groups attached to an aromatic ring is 2. The summed E-state index contributed by atoms with van der Waals surface area (Å²) in [5.41, 5.74) is 16.2.